The Bertz CT molecular complexity index is 1150. The number of hydrogen-bond acceptors (Lipinski definition) is 6. The van der Waals surface area contributed by atoms with E-state index in [1.54, 1.807) is 30.2 Å². The Balaban J connectivity index is 1.88. The maximum absolute atomic E-state index is 13.2. The van der Waals surface area contributed by atoms with E-state index in [1.807, 2.05) is 19.1 Å². The summed E-state index contributed by atoms with van der Waals surface area (Å²) in [5.41, 5.74) is 2.64. The van der Waals surface area contributed by atoms with Crippen LogP contribution in [0.5, 0.6) is 17.2 Å². The number of aromatic amines is 1. The zero-order valence-electron chi connectivity index (χ0n) is 17.8. The summed E-state index contributed by atoms with van der Waals surface area (Å²) >= 11 is 6.17. The number of aliphatic hydroxyl groups is 1. The van der Waals surface area contributed by atoms with Gasteiger partial charge in [-0.15, -0.1) is 0 Å². The number of aromatic nitrogens is 2. The number of phenols is 1. The zero-order valence-corrected chi connectivity index (χ0v) is 18.5. The third kappa shape index (κ3) is 3.76. The number of H-pyrrole nitrogens is 1. The van der Waals surface area contributed by atoms with Crippen molar-refractivity contribution in [1.82, 2.24) is 15.1 Å². The van der Waals surface area contributed by atoms with Gasteiger partial charge in [0.1, 0.15) is 17.1 Å². The predicted molar refractivity (Wildman–Crippen MR) is 119 cm³/mol. The second-order valence-corrected chi connectivity index (χ2v) is 7.78. The minimum absolute atomic E-state index is 0.00739. The SMILES string of the molecule is CCOc1ccc(C2c3c(-c4cc(Cl)ccc4O)n[nH]c3C(=O)N2CCCO)cc1OC. The van der Waals surface area contributed by atoms with Gasteiger partial charge in [0.05, 0.1) is 19.8 Å². The second kappa shape index (κ2) is 9.10. The number of rotatable bonds is 8. The van der Waals surface area contributed by atoms with E-state index in [0.29, 0.717) is 58.6 Å². The van der Waals surface area contributed by atoms with Crippen molar-refractivity contribution in [1.29, 1.82) is 0 Å². The van der Waals surface area contributed by atoms with E-state index in [4.69, 9.17) is 21.1 Å². The van der Waals surface area contributed by atoms with Crippen molar-refractivity contribution < 1.29 is 24.5 Å². The number of amides is 1. The lowest BCUT2D eigenvalue weighted by atomic mass is 9.95. The number of nitrogens with one attached hydrogen (secondary N) is 1. The number of aromatic hydroxyl groups is 1. The fourth-order valence-electron chi connectivity index (χ4n) is 4.05. The van der Waals surface area contributed by atoms with E-state index in [2.05, 4.69) is 10.2 Å². The number of methoxy groups -OCH3 is 1. The Hall–Kier alpha value is -3.23. The summed E-state index contributed by atoms with van der Waals surface area (Å²) in [6.45, 7) is 2.68. The molecule has 0 fully saturated rings. The molecule has 0 saturated heterocycles. The van der Waals surface area contributed by atoms with Gasteiger partial charge in [0.15, 0.2) is 11.5 Å². The third-order valence-corrected chi connectivity index (χ3v) is 5.67. The smallest absolute Gasteiger partial charge is 0.273 e. The molecular weight excluding hydrogens is 434 g/mol. The highest BCUT2D eigenvalue weighted by Gasteiger charge is 2.42. The molecule has 8 nitrogen and oxygen atoms in total. The maximum Gasteiger partial charge on any atom is 0.273 e. The monoisotopic (exact) mass is 457 g/mol. The number of phenolic OH excluding ortho intramolecular Hbond substituents is 1. The van der Waals surface area contributed by atoms with Crippen LogP contribution in [0.4, 0.5) is 0 Å². The normalized spacial score (nSPS) is 15.2. The van der Waals surface area contributed by atoms with E-state index in [9.17, 15) is 15.0 Å². The van der Waals surface area contributed by atoms with Crippen LogP contribution in [0.25, 0.3) is 11.3 Å². The molecule has 0 saturated carbocycles. The summed E-state index contributed by atoms with van der Waals surface area (Å²) in [6.07, 6.45) is 0.422. The summed E-state index contributed by atoms with van der Waals surface area (Å²) in [5, 5.41) is 27.5. The molecule has 3 aromatic rings. The van der Waals surface area contributed by atoms with Gasteiger partial charge in [-0.1, -0.05) is 17.7 Å². The standard InChI is InChI=1S/C23H24ClN3O5/c1-3-32-17-8-5-13(11-18(17)31-2)22-19-20(15-12-14(24)6-7-16(15)29)25-26-21(19)23(30)27(22)9-4-10-28/h5-8,11-12,22,28-29H,3-4,9-10H2,1-2H3,(H,25,26). The molecule has 1 aliphatic rings. The molecule has 1 atom stereocenters. The van der Waals surface area contributed by atoms with Crippen molar-refractivity contribution in [3.8, 4) is 28.5 Å². The second-order valence-electron chi connectivity index (χ2n) is 7.34. The van der Waals surface area contributed by atoms with E-state index in [0.717, 1.165) is 5.56 Å². The van der Waals surface area contributed by atoms with Crippen molar-refractivity contribution in [3.63, 3.8) is 0 Å². The fraction of sp³-hybridized carbons (Fsp3) is 0.304. The fourth-order valence-corrected chi connectivity index (χ4v) is 4.22. The lowest BCUT2D eigenvalue weighted by molar-refractivity contribution is 0.0732. The Morgan fingerprint density at radius 2 is 2.03 bits per heavy atom. The minimum atomic E-state index is -0.499. The summed E-state index contributed by atoms with van der Waals surface area (Å²) in [6, 6.07) is 9.71. The number of aliphatic hydroxyl groups excluding tert-OH is 1. The highest BCUT2D eigenvalue weighted by molar-refractivity contribution is 6.31. The van der Waals surface area contributed by atoms with Crippen molar-refractivity contribution in [2.24, 2.45) is 0 Å². The molecule has 2 heterocycles. The summed E-state index contributed by atoms with van der Waals surface area (Å²) in [7, 11) is 1.56. The van der Waals surface area contributed by atoms with Crippen LogP contribution in [-0.4, -0.2) is 58.1 Å². The molecule has 0 aliphatic carbocycles. The van der Waals surface area contributed by atoms with Gasteiger partial charge in [-0.2, -0.15) is 5.10 Å². The number of fused-ring (bicyclic) bond motifs is 1. The average Bonchev–Trinajstić information content (AvgIpc) is 3.33. The van der Waals surface area contributed by atoms with Gasteiger partial charge >= 0.3 is 0 Å². The molecule has 9 heteroatoms. The molecule has 168 valence electrons. The number of hydrogen-bond donors (Lipinski definition) is 3. The lowest BCUT2D eigenvalue weighted by Crippen LogP contribution is -2.31. The molecule has 2 aromatic carbocycles. The average molecular weight is 458 g/mol. The molecule has 3 N–H and O–H groups in total. The van der Waals surface area contributed by atoms with Crippen LogP contribution in [0, 0.1) is 0 Å². The summed E-state index contributed by atoms with van der Waals surface area (Å²) in [5.74, 6) is 0.924. The van der Waals surface area contributed by atoms with Gasteiger partial charge in [-0.25, -0.2) is 0 Å². The number of nitrogens with zero attached hydrogens (tertiary/aromatic N) is 2. The van der Waals surface area contributed by atoms with Crippen LogP contribution >= 0.6 is 11.6 Å². The third-order valence-electron chi connectivity index (χ3n) is 5.44. The van der Waals surface area contributed by atoms with E-state index in [1.165, 1.54) is 6.07 Å². The van der Waals surface area contributed by atoms with E-state index >= 15 is 0 Å². The Morgan fingerprint density at radius 1 is 1.22 bits per heavy atom. The highest BCUT2D eigenvalue weighted by atomic mass is 35.5. The van der Waals surface area contributed by atoms with Gasteiger partial charge in [0.2, 0.25) is 0 Å². The molecule has 4 rings (SSSR count). The first-order chi connectivity index (χ1) is 15.5. The van der Waals surface area contributed by atoms with Crippen molar-refractivity contribution >= 4 is 17.5 Å². The topological polar surface area (TPSA) is 108 Å². The first-order valence-corrected chi connectivity index (χ1v) is 10.7. The molecule has 1 aromatic heterocycles. The van der Waals surface area contributed by atoms with Crippen LogP contribution in [0.3, 0.4) is 0 Å². The van der Waals surface area contributed by atoms with Crippen LogP contribution in [-0.2, 0) is 0 Å². The van der Waals surface area contributed by atoms with E-state index < -0.39 is 6.04 Å². The zero-order chi connectivity index (χ0) is 22.8. The van der Waals surface area contributed by atoms with Crippen LogP contribution in [0.2, 0.25) is 5.02 Å². The van der Waals surface area contributed by atoms with Gasteiger partial charge in [0, 0.05) is 29.3 Å². The molecule has 32 heavy (non-hydrogen) atoms. The minimum Gasteiger partial charge on any atom is -0.507 e. The molecule has 0 spiro atoms. The van der Waals surface area contributed by atoms with Gasteiger partial charge in [0.25, 0.3) is 5.91 Å². The number of halogens is 1. The predicted octanol–water partition coefficient (Wildman–Crippen LogP) is 3.77. The lowest BCUT2D eigenvalue weighted by Gasteiger charge is -2.27. The first kappa shape index (κ1) is 22.0. The molecule has 0 radical (unpaired) electrons. The Kier molecular flexibility index (Phi) is 6.25. The van der Waals surface area contributed by atoms with Crippen LogP contribution < -0.4 is 9.47 Å². The highest BCUT2D eigenvalue weighted by Crippen LogP contribution is 2.46. The molecule has 1 amide bonds. The Morgan fingerprint density at radius 3 is 2.75 bits per heavy atom. The first-order valence-electron chi connectivity index (χ1n) is 10.3. The number of benzene rings is 2. The largest absolute Gasteiger partial charge is 0.507 e. The molecule has 1 aliphatic heterocycles. The number of ether oxygens (including phenoxy) is 2. The summed E-state index contributed by atoms with van der Waals surface area (Å²) in [4.78, 5) is 14.9. The molecular formula is C23H24ClN3O5. The summed E-state index contributed by atoms with van der Waals surface area (Å²) < 4.78 is 11.1. The Labute approximate surface area is 190 Å². The molecule has 0 bridgehead atoms. The van der Waals surface area contributed by atoms with Crippen LogP contribution in [0.1, 0.15) is 41.0 Å². The number of carbonyl (C=O) groups excluding carboxylic acids is 1. The maximum atomic E-state index is 13.2. The van der Waals surface area contributed by atoms with Crippen molar-refractivity contribution in [2.45, 2.75) is 19.4 Å². The number of carbonyl (C=O) groups is 1. The van der Waals surface area contributed by atoms with Gasteiger partial charge in [-0.3, -0.25) is 9.89 Å². The van der Waals surface area contributed by atoms with Gasteiger partial charge in [-0.05, 0) is 49.2 Å². The van der Waals surface area contributed by atoms with Crippen molar-refractivity contribution in [2.75, 3.05) is 26.9 Å². The molecule has 1 unspecified atom stereocenters. The quantitative estimate of drug-likeness (QED) is 0.475. The van der Waals surface area contributed by atoms with Crippen LogP contribution in [0.15, 0.2) is 36.4 Å². The van der Waals surface area contributed by atoms with Crippen molar-refractivity contribution in [3.05, 3.63) is 58.2 Å². The van der Waals surface area contributed by atoms with E-state index in [-0.39, 0.29) is 18.3 Å². The van der Waals surface area contributed by atoms with Gasteiger partial charge < -0.3 is 24.6 Å².